The molecule has 1 heterocycles. The normalized spacial score (nSPS) is 11.8. The fourth-order valence-electron chi connectivity index (χ4n) is 2.69. The van der Waals surface area contributed by atoms with Crippen molar-refractivity contribution in [2.75, 3.05) is 13.6 Å². The van der Waals surface area contributed by atoms with Gasteiger partial charge in [-0.1, -0.05) is 30.3 Å². The number of rotatable bonds is 8. The van der Waals surface area contributed by atoms with Crippen molar-refractivity contribution in [2.24, 2.45) is 0 Å². The van der Waals surface area contributed by atoms with Crippen LogP contribution in [0.1, 0.15) is 24.7 Å². The summed E-state index contributed by atoms with van der Waals surface area (Å²) >= 11 is 0. The molecule has 2 amide bonds. The second-order valence-corrected chi connectivity index (χ2v) is 6.33. The van der Waals surface area contributed by atoms with Crippen LogP contribution in [0.4, 0.5) is 0 Å². The molecule has 134 valence electrons. The van der Waals surface area contributed by atoms with Gasteiger partial charge in [-0.15, -0.1) is 0 Å². The molecule has 0 spiro atoms. The summed E-state index contributed by atoms with van der Waals surface area (Å²) in [5.74, 6) is 0.796. The average molecular weight is 342 g/mol. The van der Waals surface area contributed by atoms with Crippen LogP contribution in [0, 0.1) is 6.92 Å². The second-order valence-electron chi connectivity index (χ2n) is 6.33. The second kappa shape index (κ2) is 9.01. The molecule has 2 aromatic rings. The number of aromatic nitrogens is 2. The highest BCUT2D eigenvalue weighted by molar-refractivity contribution is 5.77. The number of nitrogens with zero attached hydrogens (tertiary/aromatic N) is 3. The van der Waals surface area contributed by atoms with E-state index in [9.17, 15) is 9.59 Å². The number of imidazole rings is 1. The molecule has 1 N–H and O–H groups in total. The van der Waals surface area contributed by atoms with Crippen LogP contribution in [0.25, 0.3) is 0 Å². The summed E-state index contributed by atoms with van der Waals surface area (Å²) in [7, 11) is 1.77. The maximum Gasteiger partial charge on any atom is 0.240 e. The van der Waals surface area contributed by atoms with Crippen LogP contribution >= 0.6 is 0 Å². The van der Waals surface area contributed by atoms with Gasteiger partial charge in [0.05, 0.1) is 0 Å². The summed E-state index contributed by atoms with van der Waals surface area (Å²) in [6.45, 7) is 4.49. The number of hydrogen-bond donors (Lipinski definition) is 1. The molecule has 6 nitrogen and oxygen atoms in total. The van der Waals surface area contributed by atoms with E-state index in [1.54, 1.807) is 28.9 Å². The smallest absolute Gasteiger partial charge is 0.240 e. The van der Waals surface area contributed by atoms with Gasteiger partial charge in [0.15, 0.2) is 0 Å². The molecular formula is C19H26N4O2. The van der Waals surface area contributed by atoms with Gasteiger partial charge < -0.3 is 14.8 Å². The standard InChI is InChI=1S/C19H26N4O2/c1-15(21-18(24)14-23-12-11-20-16(23)2)13-22(3)19(25)10-9-17-7-5-4-6-8-17/h4-8,11-12,15H,9-10,13-14H2,1-3H3,(H,21,24). The van der Waals surface area contributed by atoms with Gasteiger partial charge in [0.1, 0.15) is 12.4 Å². The predicted molar refractivity (Wildman–Crippen MR) is 97.0 cm³/mol. The Morgan fingerprint density at radius 1 is 1.28 bits per heavy atom. The summed E-state index contributed by atoms with van der Waals surface area (Å²) < 4.78 is 1.79. The molecule has 0 radical (unpaired) electrons. The lowest BCUT2D eigenvalue weighted by molar-refractivity contribution is -0.131. The van der Waals surface area contributed by atoms with E-state index in [2.05, 4.69) is 10.3 Å². The molecule has 1 unspecified atom stereocenters. The highest BCUT2D eigenvalue weighted by Gasteiger charge is 2.14. The molecule has 0 aliphatic rings. The van der Waals surface area contributed by atoms with E-state index in [-0.39, 0.29) is 24.4 Å². The van der Waals surface area contributed by atoms with Gasteiger partial charge >= 0.3 is 0 Å². The number of amides is 2. The van der Waals surface area contributed by atoms with Crippen LogP contribution < -0.4 is 5.32 Å². The van der Waals surface area contributed by atoms with Gasteiger partial charge in [-0.2, -0.15) is 0 Å². The molecule has 2 rings (SSSR count). The molecule has 0 aliphatic carbocycles. The first kappa shape index (κ1) is 18.7. The van der Waals surface area contributed by atoms with Crippen molar-refractivity contribution in [1.82, 2.24) is 19.8 Å². The molecule has 0 saturated carbocycles. The van der Waals surface area contributed by atoms with Crippen LogP contribution in [0.2, 0.25) is 0 Å². The lowest BCUT2D eigenvalue weighted by Crippen LogP contribution is -2.43. The minimum Gasteiger partial charge on any atom is -0.350 e. The minimum atomic E-state index is -0.109. The molecule has 25 heavy (non-hydrogen) atoms. The largest absolute Gasteiger partial charge is 0.350 e. The van der Waals surface area contributed by atoms with Crippen molar-refractivity contribution in [3.05, 3.63) is 54.1 Å². The molecule has 1 aromatic carbocycles. The molecular weight excluding hydrogens is 316 g/mol. The van der Waals surface area contributed by atoms with Crippen molar-refractivity contribution in [1.29, 1.82) is 0 Å². The molecule has 0 saturated heterocycles. The van der Waals surface area contributed by atoms with Crippen molar-refractivity contribution in [3.8, 4) is 0 Å². The van der Waals surface area contributed by atoms with Gasteiger partial charge in [0.25, 0.3) is 0 Å². The highest BCUT2D eigenvalue weighted by Crippen LogP contribution is 2.04. The van der Waals surface area contributed by atoms with Crippen molar-refractivity contribution in [2.45, 2.75) is 39.3 Å². The van der Waals surface area contributed by atoms with Crippen molar-refractivity contribution < 1.29 is 9.59 Å². The van der Waals surface area contributed by atoms with Crippen LogP contribution in [-0.4, -0.2) is 45.9 Å². The van der Waals surface area contributed by atoms with Crippen LogP contribution in [0.3, 0.4) is 0 Å². The predicted octanol–water partition coefficient (Wildman–Crippen LogP) is 1.79. The number of likely N-dealkylation sites (N-methyl/N-ethyl adjacent to an activating group) is 1. The Kier molecular flexibility index (Phi) is 6.74. The Morgan fingerprint density at radius 3 is 2.64 bits per heavy atom. The van der Waals surface area contributed by atoms with E-state index >= 15 is 0 Å². The summed E-state index contributed by atoms with van der Waals surface area (Å²) in [4.78, 5) is 30.1. The maximum absolute atomic E-state index is 12.2. The third kappa shape index (κ3) is 6.06. The fraction of sp³-hybridized carbons (Fsp3) is 0.421. The molecule has 0 bridgehead atoms. The molecule has 0 aliphatic heterocycles. The third-order valence-electron chi connectivity index (χ3n) is 4.09. The van der Waals surface area contributed by atoms with Crippen LogP contribution in [0.15, 0.2) is 42.7 Å². The summed E-state index contributed by atoms with van der Waals surface area (Å²) in [5, 5.41) is 2.92. The number of nitrogens with one attached hydrogen (secondary N) is 1. The number of hydrogen-bond acceptors (Lipinski definition) is 3. The summed E-state index contributed by atoms with van der Waals surface area (Å²) in [6.07, 6.45) is 4.64. The average Bonchev–Trinajstić information content (AvgIpc) is 2.98. The van der Waals surface area contributed by atoms with Crippen molar-refractivity contribution in [3.63, 3.8) is 0 Å². The summed E-state index contributed by atoms with van der Waals surface area (Å²) in [5.41, 5.74) is 1.15. The SMILES string of the molecule is Cc1nccn1CC(=O)NC(C)CN(C)C(=O)CCc1ccccc1. The van der Waals surface area contributed by atoms with Gasteiger partial charge in [-0.25, -0.2) is 4.98 Å². The zero-order valence-electron chi connectivity index (χ0n) is 15.1. The fourth-order valence-corrected chi connectivity index (χ4v) is 2.69. The molecule has 6 heteroatoms. The van der Waals surface area contributed by atoms with E-state index in [1.165, 1.54) is 0 Å². The zero-order chi connectivity index (χ0) is 18.2. The van der Waals surface area contributed by atoms with Gasteiger partial charge in [0, 0.05) is 38.4 Å². The molecule has 1 atom stereocenters. The van der Waals surface area contributed by atoms with E-state index < -0.39 is 0 Å². The lowest BCUT2D eigenvalue weighted by Gasteiger charge is -2.22. The monoisotopic (exact) mass is 342 g/mol. The Labute approximate surface area is 148 Å². The Hall–Kier alpha value is -2.63. The first-order chi connectivity index (χ1) is 12.0. The third-order valence-corrected chi connectivity index (χ3v) is 4.09. The maximum atomic E-state index is 12.2. The molecule has 0 fully saturated rings. The van der Waals surface area contributed by atoms with Crippen LogP contribution in [0.5, 0.6) is 0 Å². The van der Waals surface area contributed by atoms with Gasteiger partial charge in [-0.05, 0) is 25.8 Å². The Balaban J connectivity index is 1.73. The number of carbonyl (C=O) groups excluding carboxylic acids is 2. The minimum absolute atomic E-state index is 0.0791. The topological polar surface area (TPSA) is 67.2 Å². The van der Waals surface area contributed by atoms with E-state index in [0.717, 1.165) is 17.8 Å². The van der Waals surface area contributed by atoms with E-state index in [1.807, 2.05) is 44.2 Å². The number of carbonyl (C=O) groups is 2. The first-order valence-corrected chi connectivity index (χ1v) is 8.50. The van der Waals surface area contributed by atoms with E-state index in [4.69, 9.17) is 0 Å². The van der Waals surface area contributed by atoms with Crippen molar-refractivity contribution >= 4 is 11.8 Å². The number of aryl methyl sites for hydroxylation is 2. The molecule has 1 aromatic heterocycles. The quantitative estimate of drug-likeness (QED) is 0.795. The lowest BCUT2D eigenvalue weighted by atomic mass is 10.1. The van der Waals surface area contributed by atoms with Gasteiger partial charge in [0.2, 0.25) is 11.8 Å². The number of benzene rings is 1. The Bertz CT molecular complexity index is 696. The Morgan fingerprint density at radius 2 is 2.00 bits per heavy atom. The zero-order valence-corrected chi connectivity index (χ0v) is 15.1. The summed E-state index contributed by atoms with van der Waals surface area (Å²) in [6, 6.07) is 9.85. The van der Waals surface area contributed by atoms with E-state index in [0.29, 0.717) is 13.0 Å². The highest BCUT2D eigenvalue weighted by atomic mass is 16.2. The first-order valence-electron chi connectivity index (χ1n) is 8.50. The van der Waals surface area contributed by atoms with Crippen LogP contribution in [-0.2, 0) is 22.6 Å². The van der Waals surface area contributed by atoms with Gasteiger partial charge in [-0.3, -0.25) is 9.59 Å².